The maximum Gasteiger partial charge on any atom is 0.339 e. The molecule has 2 aliphatic heterocycles. The number of anilines is 1. The lowest BCUT2D eigenvalue weighted by Crippen LogP contribution is -2.33. The van der Waals surface area contributed by atoms with E-state index in [-0.39, 0.29) is 24.9 Å². The van der Waals surface area contributed by atoms with Gasteiger partial charge in [-0.1, -0.05) is 43.3 Å². The Kier molecular flexibility index (Phi) is 6.09. The minimum absolute atomic E-state index is 0.0107. The first-order valence-corrected chi connectivity index (χ1v) is 11.8. The molecule has 33 heavy (non-hydrogen) atoms. The summed E-state index contributed by atoms with van der Waals surface area (Å²) in [6.07, 6.45) is 2.93. The predicted molar refractivity (Wildman–Crippen MR) is 128 cm³/mol. The number of para-hydroxylation sites is 2. The van der Waals surface area contributed by atoms with Crippen LogP contribution >= 0.6 is 0 Å². The van der Waals surface area contributed by atoms with Crippen molar-refractivity contribution in [2.24, 2.45) is 0 Å². The van der Waals surface area contributed by atoms with Gasteiger partial charge >= 0.3 is 5.97 Å². The monoisotopic (exact) mass is 443 g/mol. The van der Waals surface area contributed by atoms with Crippen LogP contribution in [-0.4, -0.2) is 48.0 Å². The average molecular weight is 444 g/mol. The van der Waals surface area contributed by atoms with Crippen molar-refractivity contribution >= 4 is 28.5 Å². The molecule has 0 saturated carbocycles. The van der Waals surface area contributed by atoms with Crippen molar-refractivity contribution in [2.45, 2.75) is 39.2 Å². The van der Waals surface area contributed by atoms with Crippen LogP contribution in [-0.2, 0) is 28.9 Å². The number of ether oxygens (including phenoxy) is 1. The highest BCUT2D eigenvalue weighted by atomic mass is 16.5. The highest BCUT2D eigenvalue weighted by molar-refractivity contribution is 6.05. The number of hydrogen-bond donors (Lipinski definition) is 0. The molecule has 170 valence electrons. The number of rotatable bonds is 6. The van der Waals surface area contributed by atoms with Gasteiger partial charge in [0.05, 0.1) is 17.5 Å². The molecule has 1 amide bonds. The third-order valence-corrected chi connectivity index (χ3v) is 6.61. The molecular formula is C27H29N3O3. The number of pyridine rings is 1. The smallest absolute Gasteiger partial charge is 0.339 e. The zero-order valence-electron chi connectivity index (χ0n) is 19.0. The number of benzene rings is 2. The van der Waals surface area contributed by atoms with E-state index in [2.05, 4.69) is 17.9 Å². The number of fused-ring (bicyclic) bond motifs is 3. The van der Waals surface area contributed by atoms with Gasteiger partial charge in [-0.25, -0.2) is 4.79 Å². The van der Waals surface area contributed by atoms with Crippen LogP contribution in [0.2, 0.25) is 0 Å². The number of carbonyl (C=O) groups excluding carboxylic acids is 2. The molecule has 0 N–H and O–H groups in total. The van der Waals surface area contributed by atoms with E-state index in [4.69, 9.17) is 9.72 Å². The Morgan fingerprint density at radius 1 is 1.03 bits per heavy atom. The molecule has 0 radical (unpaired) electrons. The van der Waals surface area contributed by atoms with Crippen LogP contribution in [0.1, 0.15) is 46.9 Å². The summed E-state index contributed by atoms with van der Waals surface area (Å²) < 4.78 is 5.68. The summed E-state index contributed by atoms with van der Waals surface area (Å²) in [5, 5.41) is 0.819. The first-order valence-electron chi connectivity index (χ1n) is 11.8. The highest BCUT2D eigenvalue weighted by Crippen LogP contribution is 2.30. The first kappa shape index (κ1) is 21.6. The molecule has 0 saturated heterocycles. The third kappa shape index (κ3) is 4.23. The molecular weight excluding hydrogens is 414 g/mol. The summed E-state index contributed by atoms with van der Waals surface area (Å²) in [7, 11) is 0. The van der Waals surface area contributed by atoms with E-state index in [0.717, 1.165) is 60.2 Å². The van der Waals surface area contributed by atoms with Crippen LogP contribution in [0.5, 0.6) is 0 Å². The molecule has 0 spiro atoms. The Bertz CT molecular complexity index is 1210. The van der Waals surface area contributed by atoms with Crippen LogP contribution in [0.25, 0.3) is 10.9 Å². The molecule has 3 heterocycles. The highest BCUT2D eigenvalue weighted by Gasteiger charge is 2.27. The molecule has 5 rings (SSSR count). The van der Waals surface area contributed by atoms with Crippen LogP contribution in [0.3, 0.4) is 0 Å². The van der Waals surface area contributed by atoms with Gasteiger partial charge in [0.1, 0.15) is 6.61 Å². The normalized spacial score (nSPS) is 15.4. The van der Waals surface area contributed by atoms with E-state index in [1.165, 1.54) is 5.56 Å². The zero-order valence-corrected chi connectivity index (χ0v) is 19.0. The molecule has 0 aliphatic carbocycles. The van der Waals surface area contributed by atoms with E-state index >= 15 is 0 Å². The lowest BCUT2D eigenvalue weighted by Gasteiger charge is -2.29. The molecule has 0 atom stereocenters. The van der Waals surface area contributed by atoms with Gasteiger partial charge in [-0.3, -0.25) is 14.7 Å². The minimum Gasteiger partial charge on any atom is -0.462 e. The zero-order chi connectivity index (χ0) is 22.8. The largest absolute Gasteiger partial charge is 0.462 e. The van der Waals surface area contributed by atoms with E-state index in [1.807, 2.05) is 42.5 Å². The SMILES string of the molecule is CCCN1CCc2nc3ccccc3c(C(=O)OCCC(=O)N3CCc4ccccc43)c2C1. The fourth-order valence-corrected chi connectivity index (χ4v) is 5.02. The van der Waals surface area contributed by atoms with Gasteiger partial charge in [0.25, 0.3) is 0 Å². The Balaban J connectivity index is 1.33. The lowest BCUT2D eigenvalue weighted by atomic mass is 9.95. The molecule has 2 aliphatic rings. The molecule has 0 fully saturated rings. The van der Waals surface area contributed by atoms with Crippen LogP contribution in [0.4, 0.5) is 5.69 Å². The number of amides is 1. The van der Waals surface area contributed by atoms with Crippen molar-refractivity contribution in [1.29, 1.82) is 0 Å². The second-order valence-corrected chi connectivity index (χ2v) is 8.77. The fraction of sp³-hybridized carbons (Fsp3) is 0.370. The number of hydrogen-bond acceptors (Lipinski definition) is 5. The van der Waals surface area contributed by atoms with Gasteiger partial charge in [-0.2, -0.15) is 0 Å². The standard InChI is InChI=1S/C27H29N3O3/c1-2-14-29-15-12-23-21(18-29)26(20-8-4-5-9-22(20)28-23)27(32)33-17-13-25(31)30-16-11-19-7-3-6-10-24(19)30/h3-10H,2,11-18H2,1H3. The van der Waals surface area contributed by atoms with Crippen LogP contribution < -0.4 is 4.90 Å². The molecule has 3 aromatic rings. The van der Waals surface area contributed by atoms with Crippen molar-refractivity contribution < 1.29 is 14.3 Å². The molecule has 1 aromatic heterocycles. The van der Waals surface area contributed by atoms with Crippen molar-refractivity contribution in [3.63, 3.8) is 0 Å². The lowest BCUT2D eigenvalue weighted by molar-refractivity contribution is -0.119. The van der Waals surface area contributed by atoms with Crippen molar-refractivity contribution in [2.75, 3.05) is 31.1 Å². The average Bonchev–Trinajstić information content (AvgIpc) is 3.27. The molecule has 0 unspecified atom stereocenters. The van der Waals surface area contributed by atoms with Gasteiger partial charge in [0, 0.05) is 48.4 Å². The maximum atomic E-state index is 13.3. The van der Waals surface area contributed by atoms with E-state index < -0.39 is 0 Å². The Labute approximate surface area is 194 Å². The fourth-order valence-electron chi connectivity index (χ4n) is 5.02. The summed E-state index contributed by atoms with van der Waals surface area (Å²) in [6.45, 7) is 5.56. The third-order valence-electron chi connectivity index (χ3n) is 6.61. The summed E-state index contributed by atoms with van der Waals surface area (Å²) in [4.78, 5) is 35.1. The summed E-state index contributed by atoms with van der Waals surface area (Å²) in [5.41, 5.74) is 5.54. The van der Waals surface area contributed by atoms with Crippen LogP contribution in [0.15, 0.2) is 48.5 Å². The van der Waals surface area contributed by atoms with Gasteiger partial charge in [0.2, 0.25) is 5.91 Å². The van der Waals surface area contributed by atoms with E-state index in [0.29, 0.717) is 18.7 Å². The summed E-state index contributed by atoms with van der Waals surface area (Å²) >= 11 is 0. The second kappa shape index (κ2) is 9.32. The van der Waals surface area contributed by atoms with E-state index in [1.54, 1.807) is 4.90 Å². The predicted octanol–water partition coefficient (Wildman–Crippen LogP) is 4.14. The maximum absolute atomic E-state index is 13.3. The number of nitrogens with zero attached hydrogens (tertiary/aromatic N) is 3. The molecule has 6 nitrogen and oxygen atoms in total. The number of esters is 1. The van der Waals surface area contributed by atoms with Crippen molar-refractivity contribution in [3.05, 3.63) is 70.9 Å². The Hall–Kier alpha value is -3.25. The Morgan fingerprint density at radius 2 is 1.85 bits per heavy atom. The van der Waals surface area contributed by atoms with Crippen LogP contribution in [0, 0.1) is 0 Å². The van der Waals surface area contributed by atoms with Gasteiger partial charge in [-0.05, 0) is 37.1 Å². The molecule has 6 heteroatoms. The van der Waals surface area contributed by atoms with Crippen molar-refractivity contribution in [1.82, 2.24) is 9.88 Å². The number of aromatic nitrogens is 1. The van der Waals surface area contributed by atoms with Crippen molar-refractivity contribution in [3.8, 4) is 0 Å². The quantitative estimate of drug-likeness (QED) is 0.536. The van der Waals surface area contributed by atoms with Gasteiger partial charge in [0.15, 0.2) is 0 Å². The second-order valence-electron chi connectivity index (χ2n) is 8.77. The van der Waals surface area contributed by atoms with Gasteiger partial charge < -0.3 is 9.64 Å². The summed E-state index contributed by atoms with van der Waals surface area (Å²) in [6, 6.07) is 15.7. The number of carbonyl (C=O) groups is 2. The first-order chi connectivity index (χ1) is 16.2. The molecule has 0 bridgehead atoms. The topological polar surface area (TPSA) is 62.7 Å². The molecule has 2 aromatic carbocycles. The van der Waals surface area contributed by atoms with Gasteiger partial charge in [-0.15, -0.1) is 0 Å². The Morgan fingerprint density at radius 3 is 2.73 bits per heavy atom. The summed E-state index contributed by atoms with van der Waals surface area (Å²) in [5.74, 6) is -0.374. The van der Waals surface area contributed by atoms with E-state index in [9.17, 15) is 9.59 Å². The minimum atomic E-state index is -0.363.